The number of nitrogens with zero attached hydrogens (tertiary/aromatic N) is 2. The van der Waals surface area contributed by atoms with E-state index in [1.165, 1.54) is 0 Å². The highest BCUT2D eigenvalue weighted by Gasteiger charge is 2.20. The Kier molecular flexibility index (Phi) is 4.12. The molecule has 0 aromatic carbocycles. The van der Waals surface area contributed by atoms with Gasteiger partial charge in [-0.3, -0.25) is 4.79 Å². The highest BCUT2D eigenvalue weighted by atomic mass is 16.3. The van der Waals surface area contributed by atoms with Crippen molar-refractivity contribution in [2.75, 3.05) is 13.7 Å². The summed E-state index contributed by atoms with van der Waals surface area (Å²) in [5.41, 5.74) is 0.665. The first-order valence-corrected chi connectivity index (χ1v) is 5.54. The van der Waals surface area contributed by atoms with Crippen LogP contribution in [0.15, 0.2) is 18.3 Å². The SMILES string of the molecule is CC(CO)N(C)C(=O)c1cccn1C(C)C. The van der Waals surface area contributed by atoms with Crippen LogP contribution in [0, 0.1) is 0 Å². The van der Waals surface area contributed by atoms with Crippen LogP contribution in [0.3, 0.4) is 0 Å². The molecule has 0 radical (unpaired) electrons. The summed E-state index contributed by atoms with van der Waals surface area (Å²) in [6.07, 6.45) is 1.90. The standard InChI is InChI=1S/C12H20N2O2/c1-9(2)14-7-5-6-11(14)12(16)13(4)10(3)8-15/h5-7,9-10,15H,8H2,1-4H3. The minimum absolute atomic E-state index is 0.0232. The first-order valence-electron chi connectivity index (χ1n) is 5.54. The van der Waals surface area contributed by atoms with E-state index >= 15 is 0 Å². The van der Waals surface area contributed by atoms with Crippen molar-refractivity contribution in [3.8, 4) is 0 Å². The maximum Gasteiger partial charge on any atom is 0.270 e. The summed E-state index contributed by atoms with van der Waals surface area (Å²) in [5.74, 6) is -0.0553. The van der Waals surface area contributed by atoms with Gasteiger partial charge in [0, 0.05) is 19.3 Å². The molecule has 4 nitrogen and oxygen atoms in total. The zero-order valence-corrected chi connectivity index (χ0v) is 10.3. The molecule has 0 aliphatic heterocycles. The van der Waals surface area contributed by atoms with Crippen LogP contribution in [0.4, 0.5) is 0 Å². The van der Waals surface area contributed by atoms with Crippen LogP contribution in [-0.4, -0.2) is 40.2 Å². The number of aliphatic hydroxyl groups is 1. The van der Waals surface area contributed by atoms with Crippen LogP contribution < -0.4 is 0 Å². The molecule has 90 valence electrons. The number of rotatable bonds is 4. The molecule has 0 fully saturated rings. The molecular formula is C12H20N2O2. The van der Waals surface area contributed by atoms with Crippen LogP contribution in [0.5, 0.6) is 0 Å². The van der Waals surface area contributed by atoms with Crippen molar-refractivity contribution in [3.63, 3.8) is 0 Å². The highest BCUT2D eigenvalue weighted by Crippen LogP contribution is 2.13. The third-order valence-corrected chi connectivity index (χ3v) is 2.80. The average molecular weight is 224 g/mol. The van der Waals surface area contributed by atoms with Crippen molar-refractivity contribution in [2.24, 2.45) is 0 Å². The Morgan fingerprint density at radius 1 is 1.50 bits per heavy atom. The largest absolute Gasteiger partial charge is 0.394 e. The van der Waals surface area contributed by atoms with Crippen LogP contribution in [0.25, 0.3) is 0 Å². The van der Waals surface area contributed by atoms with E-state index in [2.05, 4.69) is 0 Å². The third kappa shape index (κ3) is 2.44. The average Bonchev–Trinajstić information content (AvgIpc) is 2.74. The Morgan fingerprint density at radius 2 is 2.12 bits per heavy atom. The Labute approximate surface area is 96.5 Å². The molecule has 1 unspecified atom stereocenters. The van der Waals surface area contributed by atoms with Crippen molar-refractivity contribution >= 4 is 5.91 Å². The molecule has 0 aliphatic rings. The Hall–Kier alpha value is -1.29. The molecule has 4 heteroatoms. The lowest BCUT2D eigenvalue weighted by Crippen LogP contribution is -2.38. The number of hydrogen-bond acceptors (Lipinski definition) is 2. The maximum atomic E-state index is 12.1. The van der Waals surface area contributed by atoms with E-state index < -0.39 is 0 Å². The van der Waals surface area contributed by atoms with Gasteiger partial charge in [-0.15, -0.1) is 0 Å². The summed E-state index contributed by atoms with van der Waals surface area (Å²) in [6.45, 7) is 5.86. The Morgan fingerprint density at radius 3 is 2.62 bits per heavy atom. The van der Waals surface area contributed by atoms with E-state index in [1.807, 2.05) is 43.7 Å². The lowest BCUT2D eigenvalue weighted by Gasteiger charge is -2.24. The number of amides is 1. The summed E-state index contributed by atoms with van der Waals surface area (Å²) < 4.78 is 1.93. The van der Waals surface area contributed by atoms with Gasteiger partial charge >= 0.3 is 0 Å². The summed E-state index contributed by atoms with van der Waals surface area (Å²) in [7, 11) is 1.71. The van der Waals surface area contributed by atoms with Gasteiger partial charge in [-0.05, 0) is 32.9 Å². The molecule has 0 saturated carbocycles. The molecular weight excluding hydrogens is 204 g/mol. The fourth-order valence-corrected chi connectivity index (χ4v) is 1.53. The quantitative estimate of drug-likeness (QED) is 0.842. The van der Waals surface area contributed by atoms with Gasteiger partial charge in [0.25, 0.3) is 5.91 Å². The molecule has 1 rings (SSSR count). The van der Waals surface area contributed by atoms with Crippen LogP contribution in [0.1, 0.15) is 37.3 Å². The molecule has 16 heavy (non-hydrogen) atoms. The number of aliphatic hydroxyl groups excluding tert-OH is 1. The molecule has 0 spiro atoms. The van der Waals surface area contributed by atoms with Crippen molar-refractivity contribution in [2.45, 2.75) is 32.9 Å². The fraction of sp³-hybridized carbons (Fsp3) is 0.583. The summed E-state index contributed by atoms with van der Waals surface area (Å²) in [5, 5.41) is 9.03. The number of likely N-dealkylation sites (N-methyl/N-ethyl adjacent to an activating group) is 1. The molecule has 0 aliphatic carbocycles. The van der Waals surface area contributed by atoms with Crippen LogP contribution in [0.2, 0.25) is 0 Å². The second-order valence-corrected chi connectivity index (χ2v) is 4.34. The van der Waals surface area contributed by atoms with E-state index in [9.17, 15) is 4.79 Å². The van der Waals surface area contributed by atoms with Gasteiger partial charge < -0.3 is 14.6 Å². The number of aromatic nitrogens is 1. The number of carbonyl (C=O) groups is 1. The lowest BCUT2D eigenvalue weighted by molar-refractivity contribution is 0.0670. The highest BCUT2D eigenvalue weighted by molar-refractivity contribution is 5.92. The normalized spacial score (nSPS) is 12.9. The molecule has 1 aromatic heterocycles. The predicted octanol–water partition coefficient (Wildman–Crippen LogP) is 1.52. The van der Waals surface area contributed by atoms with Crippen molar-refractivity contribution in [1.82, 2.24) is 9.47 Å². The minimum Gasteiger partial charge on any atom is -0.394 e. The second kappa shape index (κ2) is 5.16. The zero-order valence-electron chi connectivity index (χ0n) is 10.3. The smallest absolute Gasteiger partial charge is 0.270 e. The monoisotopic (exact) mass is 224 g/mol. The predicted molar refractivity (Wildman–Crippen MR) is 63.5 cm³/mol. The fourth-order valence-electron chi connectivity index (χ4n) is 1.53. The molecule has 0 bridgehead atoms. The van der Waals surface area contributed by atoms with Crippen molar-refractivity contribution in [1.29, 1.82) is 0 Å². The molecule has 1 atom stereocenters. The zero-order chi connectivity index (χ0) is 12.3. The topological polar surface area (TPSA) is 45.5 Å². The first kappa shape index (κ1) is 12.8. The number of carbonyl (C=O) groups excluding carboxylic acids is 1. The van der Waals surface area contributed by atoms with Crippen LogP contribution >= 0.6 is 0 Å². The van der Waals surface area contributed by atoms with E-state index in [0.29, 0.717) is 5.69 Å². The molecule has 1 heterocycles. The van der Waals surface area contributed by atoms with Gasteiger partial charge in [0.15, 0.2) is 0 Å². The number of hydrogen-bond donors (Lipinski definition) is 1. The third-order valence-electron chi connectivity index (χ3n) is 2.80. The Balaban J connectivity index is 2.92. The van der Waals surface area contributed by atoms with E-state index in [-0.39, 0.29) is 24.6 Å². The summed E-state index contributed by atoms with van der Waals surface area (Å²) in [6, 6.07) is 3.77. The molecule has 1 N–H and O–H groups in total. The van der Waals surface area contributed by atoms with E-state index in [4.69, 9.17) is 5.11 Å². The van der Waals surface area contributed by atoms with Crippen LogP contribution in [-0.2, 0) is 0 Å². The van der Waals surface area contributed by atoms with E-state index in [0.717, 1.165) is 0 Å². The molecule has 0 saturated heterocycles. The first-order chi connectivity index (χ1) is 7.49. The van der Waals surface area contributed by atoms with Crippen molar-refractivity contribution < 1.29 is 9.90 Å². The van der Waals surface area contributed by atoms with Gasteiger partial charge in [-0.25, -0.2) is 0 Å². The minimum atomic E-state index is -0.164. The van der Waals surface area contributed by atoms with Gasteiger partial charge in [0.1, 0.15) is 5.69 Å². The summed E-state index contributed by atoms with van der Waals surface area (Å²) in [4.78, 5) is 13.7. The molecule has 1 aromatic rings. The molecule has 1 amide bonds. The Bertz CT molecular complexity index is 358. The lowest BCUT2D eigenvalue weighted by atomic mass is 10.2. The van der Waals surface area contributed by atoms with E-state index in [1.54, 1.807) is 11.9 Å². The van der Waals surface area contributed by atoms with Gasteiger partial charge in [0.2, 0.25) is 0 Å². The second-order valence-electron chi connectivity index (χ2n) is 4.34. The van der Waals surface area contributed by atoms with Gasteiger partial charge in [-0.2, -0.15) is 0 Å². The summed E-state index contributed by atoms with van der Waals surface area (Å²) >= 11 is 0. The van der Waals surface area contributed by atoms with Gasteiger partial charge in [0.05, 0.1) is 12.6 Å². The maximum absolute atomic E-state index is 12.1. The van der Waals surface area contributed by atoms with Crippen molar-refractivity contribution in [3.05, 3.63) is 24.0 Å². The van der Waals surface area contributed by atoms with Gasteiger partial charge in [-0.1, -0.05) is 0 Å².